The predicted octanol–water partition coefficient (Wildman–Crippen LogP) is 1.30. The van der Waals surface area contributed by atoms with Crippen molar-refractivity contribution in [3.8, 4) is 0 Å². The number of allylic oxidation sites excluding steroid dienone is 1. The maximum absolute atomic E-state index is 12.7. The Kier molecular flexibility index (Phi) is 6.22. The number of rotatable bonds is 6. The zero-order chi connectivity index (χ0) is 19.4. The number of hydrogen-bond acceptors (Lipinski definition) is 7. The Labute approximate surface area is 158 Å². The molecule has 8 nitrogen and oxygen atoms in total. The van der Waals surface area contributed by atoms with Crippen molar-refractivity contribution in [1.29, 1.82) is 0 Å². The fourth-order valence-electron chi connectivity index (χ4n) is 2.26. The summed E-state index contributed by atoms with van der Waals surface area (Å²) in [5.74, 6) is -1.69. The van der Waals surface area contributed by atoms with E-state index in [1.165, 1.54) is 36.1 Å². The molecule has 1 unspecified atom stereocenters. The van der Waals surface area contributed by atoms with Crippen LogP contribution in [0.4, 0.5) is 5.13 Å². The van der Waals surface area contributed by atoms with E-state index in [0.29, 0.717) is 22.2 Å². The molecule has 2 heterocycles. The van der Waals surface area contributed by atoms with E-state index in [2.05, 4.69) is 23.5 Å². The zero-order valence-corrected chi connectivity index (χ0v) is 15.7. The van der Waals surface area contributed by atoms with Crippen molar-refractivity contribution in [3.05, 3.63) is 41.6 Å². The van der Waals surface area contributed by atoms with Gasteiger partial charge in [-0.05, 0) is 12.5 Å². The first-order chi connectivity index (χ1) is 12.3. The smallest absolute Gasteiger partial charge is 0.352 e. The average Bonchev–Trinajstić information content (AvgIpc) is 3.05. The van der Waals surface area contributed by atoms with Gasteiger partial charge in [0.05, 0.1) is 17.1 Å². The van der Waals surface area contributed by atoms with Crippen molar-refractivity contribution in [2.45, 2.75) is 13.0 Å². The van der Waals surface area contributed by atoms with Crippen LogP contribution >= 0.6 is 23.1 Å². The number of nitrogen functional groups attached to an aromatic ring is 1. The Hall–Kier alpha value is -2.59. The van der Waals surface area contributed by atoms with Crippen LogP contribution in [-0.2, 0) is 14.4 Å². The summed E-state index contributed by atoms with van der Waals surface area (Å²) in [6, 6.07) is -0.950. The van der Waals surface area contributed by atoms with Gasteiger partial charge in [0.2, 0.25) is 5.91 Å². The molecule has 2 amide bonds. The van der Waals surface area contributed by atoms with Crippen molar-refractivity contribution in [1.82, 2.24) is 15.2 Å². The van der Waals surface area contributed by atoms with Crippen molar-refractivity contribution < 1.29 is 19.5 Å². The van der Waals surface area contributed by atoms with E-state index in [1.54, 1.807) is 5.38 Å². The van der Waals surface area contributed by atoms with Gasteiger partial charge in [0.1, 0.15) is 11.7 Å². The Balaban J connectivity index is 2.13. The van der Waals surface area contributed by atoms with Crippen LogP contribution in [-0.4, -0.2) is 50.4 Å². The monoisotopic (exact) mass is 394 g/mol. The van der Waals surface area contributed by atoms with Gasteiger partial charge in [0, 0.05) is 11.1 Å². The number of nitrogens with one attached hydrogen (secondary N) is 1. The number of hydrogen-bond donors (Lipinski definition) is 3. The Morgan fingerprint density at radius 2 is 2.19 bits per heavy atom. The van der Waals surface area contributed by atoms with Crippen molar-refractivity contribution in [3.63, 3.8) is 0 Å². The van der Waals surface area contributed by atoms with Crippen LogP contribution in [0.3, 0.4) is 0 Å². The lowest BCUT2D eigenvalue weighted by atomic mass is 10.1. The molecular formula is C16H18N4O4S2. The fourth-order valence-corrected chi connectivity index (χ4v) is 3.84. The molecule has 10 heteroatoms. The van der Waals surface area contributed by atoms with Gasteiger partial charge in [-0.25, -0.2) is 9.78 Å². The van der Waals surface area contributed by atoms with Crippen molar-refractivity contribution >= 4 is 51.6 Å². The van der Waals surface area contributed by atoms with Gasteiger partial charge in [-0.3, -0.25) is 14.5 Å². The molecule has 0 aromatic carbocycles. The third-order valence-electron chi connectivity index (χ3n) is 3.59. The molecule has 0 spiro atoms. The molecule has 1 atom stereocenters. The summed E-state index contributed by atoms with van der Waals surface area (Å²) in [6.45, 7) is 8.74. The summed E-state index contributed by atoms with van der Waals surface area (Å²) in [4.78, 5) is 41.6. The second-order valence-electron chi connectivity index (χ2n) is 5.37. The molecule has 4 N–H and O–H groups in total. The number of nitrogens with zero attached hydrogens (tertiary/aromatic N) is 2. The van der Waals surface area contributed by atoms with E-state index in [9.17, 15) is 19.5 Å². The molecule has 0 saturated carbocycles. The van der Waals surface area contributed by atoms with E-state index in [-0.39, 0.29) is 17.1 Å². The summed E-state index contributed by atoms with van der Waals surface area (Å²) in [5.41, 5.74) is 6.29. The lowest BCUT2D eigenvalue weighted by molar-refractivity contribution is -0.140. The lowest BCUT2D eigenvalue weighted by Gasteiger charge is -2.30. The summed E-state index contributed by atoms with van der Waals surface area (Å²) < 4.78 is 0. The van der Waals surface area contributed by atoms with Gasteiger partial charge < -0.3 is 16.2 Å². The molecule has 26 heavy (non-hydrogen) atoms. The minimum Gasteiger partial charge on any atom is -0.477 e. The van der Waals surface area contributed by atoms with Crippen LogP contribution in [0.2, 0.25) is 0 Å². The maximum Gasteiger partial charge on any atom is 0.352 e. The Morgan fingerprint density at radius 3 is 2.73 bits per heavy atom. The zero-order valence-electron chi connectivity index (χ0n) is 14.0. The fraction of sp³-hybridized carbons (Fsp3) is 0.250. The predicted molar refractivity (Wildman–Crippen MR) is 102 cm³/mol. The number of carboxylic acids is 1. The highest BCUT2D eigenvalue weighted by molar-refractivity contribution is 7.99. The molecule has 0 saturated heterocycles. The number of anilines is 1. The molecule has 1 aliphatic heterocycles. The number of nitrogens with two attached hydrogens (primary N) is 1. The quantitative estimate of drug-likeness (QED) is 0.621. The molecule has 0 bridgehead atoms. The van der Waals surface area contributed by atoms with Gasteiger partial charge in [-0.15, -0.1) is 23.1 Å². The first-order valence-corrected chi connectivity index (χ1v) is 9.48. The number of carbonyl (C=O) groups is 3. The number of carboxylic acid groups (broad SMARTS) is 1. The Morgan fingerprint density at radius 1 is 1.50 bits per heavy atom. The Bertz CT molecular complexity index is 815. The standard InChI is InChI=1S/C16H18N4O4S2/c1-4-10-5-25-7-20(12(10)15(23)24)14(22)9(3)18-13(21)8(2)11-6-26-16(17)19-11/h4,6,9H,1-2,5,7H2,3H3,(H2,17,19)(H,18,21)(H,23,24). The molecule has 1 aromatic rings. The van der Waals surface area contributed by atoms with E-state index >= 15 is 0 Å². The van der Waals surface area contributed by atoms with E-state index in [0.717, 1.165) is 4.90 Å². The van der Waals surface area contributed by atoms with Gasteiger partial charge >= 0.3 is 5.97 Å². The number of amides is 2. The molecule has 1 aliphatic rings. The second-order valence-corrected chi connectivity index (χ2v) is 7.22. The second kappa shape index (κ2) is 8.19. The van der Waals surface area contributed by atoms with Gasteiger partial charge in [-0.1, -0.05) is 19.2 Å². The number of thiazole rings is 1. The number of carbonyl (C=O) groups excluding carboxylic acids is 2. The molecule has 0 fully saturated rings. The number of aliphatic carboxylic acids is 1. The average molecular weight is 394 g/mol. The summed E-state index contributed by atoms with van der Waals surface area (Å²) in [6.07, 6.45) is 1.42. The molecule has 1 aromatic heterocycles. The van der Waals surface area contributed by atoms with E-state index < -0.39 is 23.8 Å². The van der Waals surface area contributed by atoms with Gasteiger partial charge in [0.15, 0.2) is 5.13 Å². The first kappa shape index (κ1) is 19.7. The minimum absolute atomic E-state index is 0.0754. The van der Waals surface area contributed by atoms with Crippen LogP contribution in [0.15, 0.2) is 35.9 Å². The SMILES string of the molecule is C=CC1=C(C(=O)O)N(C(=O)C(C)NC(=O)C(=C)c2csc(N)n2)CSC1. The highest BCUT2D eigenvalue weighted by Crippen LogP contribution is 2.26. The third kappa shape index (κ3) is 4.14. The molecule has 2 rings (SSSR count). The number of thioether (sulfide) groups is 1. The summed E-state index contributed by atoms with van der Waals surface area (Å²) in [7, 11) is 0. The van der Waals surface area contributed by atoms with E-state index in [1.807, 2.05) is 0 Å². The van der Waals surface area contributed by atoms with Crippen molar-refractivity contribution in [2.24, 2.45) is 0 Å². The third-order valence-corrected chi connectivity index (χ3v) is 5.22. The van der Waals surface area contributed by atoms with Crippen LogP contribution in [0.25, 0.3) is 5.57 Å². The van der Waals surface area contributed by atoms with Crippen LogP contribution in [0.1, 0.15) is 12.6 Å². The van der Waals surface area contributed by atoms with Crippen LogP contribution < -0.4 is 11.1 Å². The summed E-state index contributed by atoms with van der Waals surface area (Å²) >= 11 is 2.56. The van der Waals surface area contributed by atoms with Crippen LogP contribution in [0, 0.1) is 0 Å². The van der Waals surface area contributed by atoms with Crippen LogP contribution in [0.5, 0.6) is 0 Å². The molecule has 138 valence electrons. The molecule has 0 aliphatic carbocycles. The normalized spacial score (nSPS) is 15.3. The largest absolute Gasteiger partial charge is 0.477 e. The highest BCUT2D eigenvalue weighted by Gasteiger charge is 2.32. The number of aromatic nitrogens is 1. The first-order valence-electron chi connectivity index (χ1n) is 7.45. The van der Waals surface area contributed by atoms with E-state index in [4.69, 9.17) is 5.73 Å². The van der Waals surface area contributed by atoms with Gasteiger partial charge in [-0.2, -0.15) is 0 Å². The topological polar surface area (TPSA) is 126 Å². The summed E-state index contributed by atoms with van der Waals surface area (Å²) in [5, 5.41) is 13.8. The minimum atomic E-state index is -1.21. The maximum atomic E-state index is 12.7. The van der Waals surface area contributed by atoms with Crippen molar-refractivity contribution in [2.75, 3.05) is 17.4 Å². The lowest BCUT2D eigenvalue weighted by Crippen LogP contribution is -2.48. The van der Waals surface area contributed by atoms with Gasteiger partial charge in [0.25, 0.3) is 5.91 Å². The molecular weight excluding hydrogens is 376 g/mol. The molecule has 0 radical (unpaired) electrons. The highest BCUT2D eigenvalue weighted by atomic mass is 32.2.